The van der Waals surface area contributed by atoms with Gasteiger partial charge in [-0.3, -0.25) is 9.78 Å². The fraction of sp³-hybridized carbons (Fsp3) is 0.286. The van der Waals surface area contributed by atoms with E-state index >= 15 is 0 Å². The second-order valence-corrected chi connectivity index (χ2v) is 3.96. The summed E-state index contributed by atoms with van der Waals surface area (Å²) < 4.78 is 10.5. The maximum Gasteiger partial charge on any atom is 0.269 e. The molecular formula is C14H16N2O3. The van der Waals surface area contributed by atoms with Crippen LogP contribution in [0.4, 0.5) is 0 Å². The van der Waals surface area contributed by atoms with Crippen molar-refractivity contribution >= 4 is 5.91 Å². The number of nitrogens with zero attached hydrogens (tertiary/aromatic N) is 1. The standard InChI is InChI=1S/C14H16N2O3/c17-14(13-6-1-2-7-15-13)16-8-4-9-18-11-12-5-3-10-19-12/h1-3,5-7,10H,4,8-9,11H2,(H,16,17). The van der Waals surface area contributed by atoms with Crippen LogP contribution in [0.1, 0.15) is 22.7 Å². The van der Waals surface area contributed by atoms with Gasteiger partial charge in [-0.25, -0.2) is 0 Å². The Bertz CT molecular complexity index is 483. The van der Waals surface area contributed by atoms with Crippen molar-refractivity contribution in [2.24, 2.45) is 0 Å². The van der Waals surface area contributed by atoms with Crippen LogP contribution < -0.4 is 5.32 Å². The van der Waals surface area contributed by atoms with Gasteiger partial charge in [0.1, 0.15) is 18.1 Å². The molecule has 0 spiro atoms. The van der Waals surface area contributed by atoms with Crippen molar-refractivity contribution < 1.29 is 13.9 Å². The van der Waals surface area contributed by atoms with Crippen LogP contribution in [0.5, 0.6) is 0 Å². The molecule has 19 heavy (non-hydrogen) atoms. The van der Waals surface area contributed by atoms with E-state index in [0.717, 1.165) is 12.2 Å². The van der Waals surface area contributed by atoms with Crippen LogP contribution in [0.3, 0.4) is 0 Å². The third-order valence-electron chi connectivity index (χ3n) is 2.47. The quantitative estimate of drug-likeness (QED) is 0.773. The van der Waals surface area contributed by atoms with Gasteiger partial charge in [0.05, 0.1) is 6.26 Å². The summed E-state index contributed by atoms with van der Waals surface area (Å²) in [7, 11) is 0. The minimum Gasteiger partial charge on any atom is -0.467 e. The van der Waals surface area contributed by atoms with E-state index in [1.807, 2.05) is 12.1 Å². The third kappa shape index (κ3) is 4.56. The maximum absolute atomic E-state index is 11.6. The van der Waals surface area contributed by atoms with Crippen molar-refractivity contribution in [3.05, 3.63) is 54.2 Å². The average molecular weight is 260 g/mol. The number of furan rings is 1. The second kappa shape index (κ2) is 7.33. The van der Waals surface area contributed by atoms with Crippen LogP contribution in [-0.2, 0) is 11.3 Å². The number of rotatable bonds is 7. The van der Waals surface area contributed by atoms with Crippen LogP contribution in [0.2, 0.25) is 0 Å². The van der Waals surface area contributed by atoms with Gasteiger partial charge in [0.2, 0.25) is 0 Å². The highest BCUT2D eigenvalue weighted by Crippen LogP contribution is 2.01. The van der Waals surface area contributed by atoms with E-state index in [1.54, 1.807) is 30.7 Å². The van der Waals surface area contributed by atoms with Gasteiger partial charge in [-0.1, -0.05) is 6.07 Å². The zero-order valence-corrected chi connectivity index (χ0v) is 10.5. The molecule has 1 amide bonds. The van der Waals surface area contributed by atoms with Crippen LogP contribution in [0.25, 0.3) is 0 Å². The minimum atomic E-state index is -0.161. The first-order valence-electron chi connectivity index (χ1n) is 6.15. The van der Waals surface area contributed by atoms with E-state index < -0.39 is 0 Å². The first-order valence-corrected chi connectivity index (χ1v) is 6.15. The van der Waals surface area contributed by atoms with Crippen molar-refractivity contribution in [2.45, 2.75) is 13.0 Å². The Balaban J connectivity index is 1.56. The summed E-state index contributed by atoms with van der Waals surface area (Å²) in [4.78, 5) is 15.6. The third-order valence-corrected chi connectivity index (χ3v) is 2.47. The van der Waals surface area contributed by atoms with Gasteiger partial charge < -0.3 is 14.5 Å². The molecule has 0 aliphatic carbocycles. The fourth-order valence-corrected chi connectivity index (χ4v) is 1.53. The first kappa shape index (κ1) is 13.3. The van der Waals surface area contributed by atoms with Crippen LogP contribution in [0.15, 0.2) is 47.2 Å². The number of carbonyl (C=O) groups excluding carboxylic acids is 1. The van der Waals surface area contributed by atoms with Gasteiger partial charge in [-0.15, -0.1) is 0 Å². The summed E-state index contributed by atoms with van der Waals surface area (Å²) >= 11 is 0. The van der Waals surface area contributed by atoms with Gasteiger partial charge in [0, 0.05) is 19.3 Å². The zero-order valence-electron chi connectivity index (χ0n) is 10.5. The molecule has 0 atom stereocenters. The lowest BCUT2D eigenvalue weighted by Crippen LogP contribution is -2.26. The smallest absolute Gasteiger partial charge is 0.269 e. The Morgan fingerprint density at radius 1 is 1.32 bits per heavy atom. The van der Waals surface area contributed by atoms with Crippen molar-refractivity contribution in [1.29, 1.82) is 0 Å². The number of pyridine rings is 1. The Morgan fingerprint density at radius 3 is 3.00 bits per heavy atom. The Morgan fingerprint density at radius 2 is 2.26 bits per heavy atom. The van der Waals surface area contributed by atoms with E-state index in [0.29, 0.717) is 25.5 Å². The number of nitrogens with one attached hydrogen (secondary N) is 1. The van der Waals surface area contributed by atoms with E-state index in [9.17, 15) is 4.79 Å². The molecular weight excluding hydrogens is 244 g/mol. The molecule has 0 unspecified atom stereocenters. The zero-order chi connectivity index (χ0) is 13.3. The summed E-state index contributed by atoms with van der Waals surface area (Å²) in [6.45, 7) is 1.60. The van der Waals surface area contributed by atoms with Crippen LogP contribution in [-0.4, -0.2) is 24.0 Å². The molecule has 5 nitrogen and oxygen atoms in total. The van der Waals surface area contributed by atoms with Crippen LogP contribution in [0, 0.1) is 0 Å². The predicted molar refractivity (Wildman–Crippen MR) is 69.6 cm³/mol. The number of amides is 1. The molecule has 0 bridgehead atoms. The Labute approximate surface area is 111 Å². The molecule has 0 aliphatic heterocycles. The molecule has 0 aromatic carbocycles. The largest absolute Gasteiger partial charge is 0.467 e. The Kier molecular flexibility index (Phi) is 5.13. The Hall–Kier alpha value is -2.14. The number of carbonyl (C=O) groups is 1. The second-order valence-electron chi connectivity index (χ2n) is 3.96. The van der Waals surface area contributed by atoms with E-state index in [4.69, 9.17) is 9.15 Å². The van der Waals surface area contributed by atoms with Crippen LogP contribution >= 0.6 is 0 Å². The average Bonchev–Trinajstić information content (AvgIpc) is 2.96. The van der Waals surface area contributed by atoms with E-state index in [1.165, 1.54) is 0 Å². The monoisotopic (exact) mass is 260 g/mol. The predicted octanol–water partition coefficient (Wildman–Crippen LogP) is 2.01. The van der Waals surface area contributed by atoms with Gasteiger partial charge in [0.15, 0.2) is 0 Å². The summed E-state index contributed by atoms with van der Waals surface area (Å²) in [5.41, 5.74) is 0.430. The number of hydrogen-bond donors (Lipinski definition) is 1. The molecule has 0 radical (unpaired) electrons. The number of hydrogen-bond acceptors (Lipinski definition) is 4. The van der Waals surface area contributed by atoms with Crippen molar-refractivity contribution in [2.75, 3.05) is 13.2 Å². The molecule has 0 saturated heterocycles. The maximum atomic E-state index is 11.6. The molecule has 5 heteroatoms. The van der Waals surface area contributed by atoms with Gasteiger partial charge >= 0.3 is 0 Å². The van der Waals surface area contributed by atoms with Crippen molar-refractivity contribution in [3.8, 4) is 0 Å². The fourth-order valence-electron chi connectivity index (χ4n) is 1.53. The normalized spacial score (nSPS) is 10.3. The lowest BCUT2D eigenvalue weighted by Gasteiger charge is -2.05. The molecule has 0 aliphatic rings. The van der Waals surface area contributed by atoms with Crippen molar-refractivity contribution in [1.82, 2.24) is 10.3 Å². The highest BCUT2D eigenvalue weighted by molar-refractivity contribution is 5.92. The first-order chi connectivity index (χ1) is 9.36. The van der Waals surface area contributed by atoms with Gasteiger partial charge in [0.25, 0.3) is 5.91 Å². The van der Waals surface area contributed by atoms with Gasteiger partial charge in [-0.05, 0) is 30.7 Å². The number of ether oxygens (including phenoxy) is 1. The number of aromatic nitrogens is 1. The summed E-state index contributed by atoms with van der Waals surface area (Å²) in [6, 6.07) is 8.94. The molecule has 100 valence electrons. The SMILES string of the molecule is O=C(NCCCOCc1ccco1)c1ccccn1. The van der Waals surface area contributed by atoms with Crippen molar-refractivity contribution in [3.63, 3.8) is 0 Å². The molecule has 2 aromatic rings. The molecule has 0 fully saturated rings. The molecule has 0 saturated carbocycles. The highest BCUT2D eigenvalue weighted by atomic mass is 16.5. The topological polar surface area (TPSA) is 64.4 Å². The molecule has 2 heterocycles. The molecule has 2 aromatic heterocycles. The summed E-state index contributed by atoms with van der Waals surface area (Å²) in [5.74, 6) is 0.643. The lowest BCUT2D eigenvalue weighted by atomic mass is 10.3. The molecule has 2 rings (SSSR count). The summed E-state index contributed by atoms with van der Waals surface area (Å²) in [6.07, 6.45) is 3.96. The van der Waals surface area contributed by atoms with Gasteiger partial charge in [-0.2, -0.15) is 0 Å². The highest BCUT2D eigenvalue weighted by Gasteiger charge is 2.04. The minimum absolute atomic E-state index is 0.161. The lowest BCUT2D eigenvalue weighted by molar-refractivity contribution is 0.0913. The van der Waals surface area contributed by atoms with E-state index in [-0.39, 0.29) is 5.91 Å². The summed E-state index contributed by atoms with van der Waals surface area (Å²) in [5, 5.41) is 2.79. The molecule has 1 N–H and O–H groups in total. The van der Waals surface area contributed by atoms with E-state index in [2.05, 4.69) is 10.3 Å².